The normalized spacial score (nSPS) is 14.2. The van der Waals surface area contributed by atoms with Gasteiger partial charge in [0.2, 0.25) is 0 Å². The van der Waals surface area contributed by atoms with Crippen LogP contribution in [0.3, 0.4) is 0 Å². The van der Waals surface area contributed by atoms with E-state index in [1.165, 1.54) is 11.1 Å². The van der Waals surface area contributed by atoms with Gasteiger partial charge in [0.25, 0.3) is 0 Å². The second-order valence-electron chi connectivity index (χ2n) is 4.45. The molecule has 2 rings (SSSR count). The quantitative estimate of drug-likeness (QED) is 0.678. The zero-order chi connectivity index (χ0) is 12.1. The van der Waals surface area contributed by atoms with Gasteiger partial charge in [0.15, 0.2) is 0 Å². The van der Waals surface area contributed by atoms with Crippen molar-refractivity contribution in [3.63, 3.8) is 0 Å². The number of benzene rings is 2. The van der Waals surface area contributed by atoms with Gasteiger partial charge in [-0.05, 0) is 23.0 Å². The Morgan fingerprint density at radius 3 is 1.76 bits per heavy atom. The van der Waals surface area contributed by atoms with Gasteiger partial charge < -0.3 is 0 Å². The molecule has 2 atom stereocenters. The molecule has 0 unspecified atom stereocenters. The van der Waals surface area contributed by atoms with Crippen molar-refractivity contribution >= 4 is 7.85 Å². The third kappa shape index (κ3) is 2.79. The van der Waals surface area contributed by atoms with Crippen molar-refractivity contribution in [2.45, 2.75) is 25.1 Å². The van der Waals surface area contributed by atoms with Crippen LogP contribution in [0, 0.1) is 0 Å². The molecule has 17 heavy (non-hydrogen) atoms. The van der Waals surface area contributed by atoms with Gasteiger partial charge in [0, 0.05) is 0 Å². The van der Waals surface area contributed by atoms with Gasteiger partial charge >= 0.3 is 0 Å². The lowest BCUT2D eigenvalue weighted by Gasteiger charge is -2.24. The Bertz CT molecular complexity index is 436. The van der Waals surface area contributed by atoms with Crippen LogP contribution in [-0.4, -0.2) is 7.85 Å². The third-order valence-corrected chi connectivity index (χ3v) is 3.41. The lowest BCUT2D eigenvalue weighted by atomic mass is 9.75. The van der Waals surface area contributed by atoms with E-state index < -0.39 is 0 Å². The Hall–Kier alpha value is -1.50. The molecular weight excluding hydrogens is 203 g/mol. The summed E-state index contributed by atoms with van der Waals surface area (Å²) < 4.78 is 0. The summed E-state index contributed by atoms with van der Waals surface area (Å²) in [5.41, 5.74) is 2.68. The minimum Gasteiger partial charge on any atom is -0.0814 e. The van der Waals surface area contributed by atoms with Gasteiger partial charge in [-0.1, -0.05) is 73.9 Å². The molecule has 0 amide bonds. The van der Waals surface area contributed by atoms with Crippen LogP contribution in [-0.2, 0) is 0 Å². The maximum atomic E-state index is 5.94. The van der Waals surface area contributed by atoms with E-state index in [2.05, 4.69) is 61.5 Å². The van der Waals surface area contributed by atoms with E-state index in [-0.39, 0.29) is 0 Å². The van der Waals surface area contributed by atoms with Gasteiger partial charge in [0.1, 0.15) is 0 Å². The van der Waals surface area contributed by atoms with E-state index in [4.69, 9.17) is 7.85 Å². The van der Waals surface area contributed by atoms with Gasteiger partial charge in [-0.2, -0.15) is 0 Å². The first kappa shape index (κ1) is 12.0. The van der Waals surface area contributed by atoms with Crippen molar-refractivity contribution in [2.24, 2.45) is 0 Å². The highest BCUT2D eigenvalue weighted by Gasteiger charge is 2.18. The van der Waals surface area contributed by atoms with Crippen molar-refractivity contribution < 1.29 is 0 Å². The fourth-order valence-corrected chi connectivity index (χ4v) is 2.32. The predicted molar refractivity (Wildman–Crippen MR) is 74.6 cm³/mol. The largest absolute Gasteiger partial charge is 0.0814 e. The van der Waals surface area contributed by atoms with Gasteiger partial charge in [0.05, 0.1) is 7.85 Å². The van der Waals surface area contributed by atoms with E-state index in [1.807, 2.05) is 6.07 Å². The van der Waals surface area contributed by atoms with Crippen LogP contribution in [0.4, 0.5) is 0 Å². The Labute approximate surface area is 105 Å². The summed E-state index contributed by atoms with van der Waals surface area (Å²) in [5.74, 6) is 0.835. The van der Waals surface area contributed by atoms with Crippen molar-refractivity contribution in [3.05, 3.63) is 71.8 Å². The second-order valence-corrected chi connectivity index (χ2v) is 4.45. The number of hydrogen-bond donors (Lipinski definition) is 0. The molecule has 0 saturated heterocycles. The van der Waals surface area contributed by atoms with Crippen molar-refractivity contribution in [1.82, 2.24) is 0 Å². The van der Waals surface area contributed by atoms with Crippen LogP contribution in [0.1, 0.15) is 29.9 Å². The smallest absolute Gasteiger partial charge is 0.0661 e. The van der Waals surface area contributed by atoms with Gasteiger partial charge in [-0.25, -0.2) is 0 Å². The fraction of sp³-hybridized carbons (Fsp3) is 0.250. The maximum absolute atomic E-state index is 5.94. The lowest BCUT2D eigenvalue weighted by molar-refractivity contribution is 0.623. The zero-order valence-electron chi connectivity index (χ0n) is 10.2. The highest BCUT2D eigenvalue weighted by Crippen LogP contribution is 2.34. The van der Waals surface area contributed by atoms with Gasteiger partial charge in [-0.15, -0.1) is 0 Å². The van der Waals surface area contributed by atoms with Gasteiger partial charge in [-0.3, -0.25) is 0 Å². The third-order valence-electron chi connectivity index (χ3n) is 3.41. The van der Waals surface area contributed by atoms with Crippen molar-refractivity contribution in [2.75, 3.05) is 0 Å². The molecule has 0 aliphatic heterocycles. The zero-order valence-corrected chi connectivity index (χ0v) is 10.2. The molecule has 0 nitrogen and oxygen atoms in total. The van der Waals surface area contributed by atoms with Crippen LogP contribution in [0.15, 0.2) is 60.7 Å². The molecule has 2 aromatic carbocycles. The molecule has 0 heterocycles. The first-order chi connectivity index (χ1) is 8.33. The molecule has 0 aromatic heterocycles. The highest BCUT2D eigenvalue weighted by atomic mass is 14.2. The SMILES string of the molecule is [B]C[C@H](c1ccccc1)[C@@H](C)c1ccccc1. The molecule has 0 spiro atoms. The molecule has 1 heteroatoms. The summed E-state index contributed by atoms with van der Waals surface area (Å²) in [5, 5.41) is 0. The molecule has 0 aliphatic rings. The Kier molecular flexibility index (Phi) is 4.03. The minimum absolute atomic E-state index is 0.388. The highest BCUT2D eigenvalue weighted by molar-refractivity contribution is 6.09. The van der Waals surface area contributed by atoms with E-state index in [1.54, 1.807) is 0 Å². The van der Waals surface area contributed by atoms with E-state index in [9.17, 15) is 0 Å². The predicted octanol–water partition coefficient (Wildman–Crippen LogP) is 4.16. The lowest BCUT2D eigenvalue weighted by Crippen LogP contribution is -2.08. The molecule has 0 aliphatic carbocycles. The van der Waals surface area contributed by atoms with E-state index in [0.717, 1.165) is 0 Å². The summed E-state index contributed by atoms with van der Waals surface area (Å²) in [4.78, 5) is 0. The molecule has 2 radical (unpaired) electrons. The Morgan fingerprint density at radius 2 is 1.29 bits per heavy atom. The fourth-order valence-electron chi connectivity index (χ4n) is 2.32. The van der Waals surface area contributed by atoms with Crippen LogP contribution >= 0.6 is 0 Å². The summed E-state index contributed by atoms with van der Waals surface area (Å²) in [6, 6.07) is 21.1. The monoisotopic (exact) mass is 220 g/mol. The number of rotatable bonds is 4. The molecule has 0 fully saturated rings. The topological polar surface area (TPSA) is 0 Å². The van der Waals surface area contributed by atoms with Crippen molar-refractivity contribution in [3.8, 4) is 0 Å². The first-order valence-corrected chi connectivity index (χ1v) is 6.13. The first-order valence-electron chi connectivity index (χ1n) is 6.13. The summed E-state index contributed by atoms with van der Waals surface area (Å²) >= 11 is 0. The molecular formula is C16H17B. The molecule has 0 saturated carbocycles. The van der Waals surface area contributed by atoms with Crippen molar-refractivity contribution in [1.29, 1.82) is 0 Å². The standard InChI is InChI=1S/C16H17B/c1-13(14-8-4-2-5-9-14)16(12-17)15-10-6-3-7-11-15/h2-11,13,16H,12H2,1H3/t13-,16-/m0/s1. The number of hydrogen-bond acceptors (Lipinski definition) is 0. The van der Waals surface area contributed by atoms with Crippen LogP contribution < -0.4 is 0 Å². The van der Waals surface area contributed by atoms with E-state index in [0.29, 0.717) is 18.2 Å². The average Bonchev–Trinajstić information content (AvgIpc) is 2.42. The summed E-state index contributed by atoms with van der Waals surface area (Å²) in [6.07, 6.45) is 0.681. The average molecular weight is 220 g/mol. The van der Waals surface area contributed by atoms with Crippen LogP contribution in [0.25, 0.3) is 0 Å². The minimum atomic E-state index is 0.388. The maximum Gasteiger partial charge on any atom is 0.0661 e. The Balaban J connectivity index is 2.25. The second kappa shape index (κ2) is 5.72. The Morgan fingerprint density at radius 1 is 0.824 bits per heavy atom. The molecule has 84 valence electrons. The molecule has 0 bridgehead atoms. The summed E-state index contributed by atoms with van der Waals surface area (Å²) in [6.45, 7) is 2.25. The van der Waals surface area contributed by atoms with Crippen LogP contribution in [0.5, 0.6) is 0 Å². The van der Waals surface area contributed by atoms with E-state index >= 15 is 0 Å². The molecule has 2 aromatic rings. The summed E-state index contributed by atoms with van der Waals surface area (Å²) in [7, 11) is 5.94. The molecule has 0 N–H and O–H groups in total. The van der Waals surface area contributed by atoms with Crippen LogP contribution in [0.2, 0.25) is 6.32 Å².